The minimum Gasteiger partial charge on any atom is -0.326 e. The fraction of sp³-hybridized carbons (Fsp3) is 0.462. The van der Waals surface area contributed by atoms with Gasteiger partial charge in [-0.05, 0) is 32.0 Å². The molecule has 1 fully saturated rings. The molecule has 0 bridgehead atoms. The monoisotopic (exact) mass is 286 g/mol. The van der Waals surface area contributed by atoms with Crippen molar-refractivity contribution < 1.29 is 4.79 Å². The third-order valence-corrected chi connectivity index (χ3v) is 3.88. The molecule has 2 rings (SSSR count). The quantitative estimate of drug-likeness (QED) is 0.861. The number of rotatable bonds is 4. The van der Waals surface area contributed by atoms with Crippen LogP contribution in [0.3, 0.4) is 0 Å². The molecule has 1 saturated heterocycles. The van der Waals surface area contributed by atoms with Gasteiger partial charge in [-0.1, -0.05) is 23.2 Å². The van der Waals surface area contributed by atoms with E-state index in [0.717, 1.165) is 13.1 Å². The van der Waals surface area contributed by atoms with Crippen molar-refractivity contribution in [2.45, 2.75) is 25.8 Å². The number of nitrogens with one attached hydrogen (secondary N) is 1. The minimum absolute atomic E-state index is 0.00362. The Kier molecular flexibility index (Phi) is 3.85. The third kappa shape index (κ3) is 3.37. The molecule has 1 aliphatic heterocycles. The Labute approximate surface area is 117 Å². The van der Waals surface area contributed by atoms with E-state index in [2.05, 4.69) is 24.1 Å². The lowest BCUT2D eigenvalue weighted by Gasteiger charge is -2.08. The molecular formula is C13H16Cl2N2O. The highest BCUT2D eigenvalue weighted by Crippen LogP contribution is 2.30. The van der Waals surface area contributed by atoms with E-state index in [1.165, 1.54) is 0 Å². The molecule has 0 aliphatic carbocycles. The van der Waals surface area contributed by atoms with Crippen LogP contribution in [0, 0.1) is 0 Å². The van der Waals surface area contributed by atoms with Crippen LogP contribution >= 0.6 is 23.2 Å². The normalized spacial score (nSPS) is 20.6. The van der Waals surface area contributed by atoms with Crippen molar-refractivity contribution in [1.82, 2.24) is 4.90 Å². The Morgan fingerprint density at radius 2 is 2.06 bits per heavy atom. The molecule has 1 aliphatic rings. The van der Waals surface area contributed by atoms with Gasteiger partial charge >= 0.3 is 0 Å². The van der Waals surface area contributed by atoms with E-state index in [4.69, 9.17) is 23.2 Å². The van der Waals surface area contributed by atoms with Crippen LogP contribution in [-0.2, 0) is 4.79 Å². The average Bonchev–Trinajstić information content (AvgIpc) is 2.89. The van der Waals surface area contributed by atoms with Crippen molar-refractivity contribution in [1.29, 1.82) is 0 Å². The number of nitrogens with zero attached hydrogens (tertiary/aromatic N) is 1. The maximum atomic E-state index is 11.7. The average molecular weight is 287 g/mol. The summed E-state index contributed by atoms with van der Waals surface area (Å²) in [6, 6.07) is 5.07. The molecule has 1 heterocycles. The van der Waals surface area contributed by atoms with Gasteiger partial charge in [-0.2, -0.15) is 0 Å². The van der Waals surface area contributed by atoms with Crippen molar-refractivity contribution in [2.24, 2.45) is 0 Å². The second-order valence-electron chi connectivity index (χ2n) is 5.16. The Bertz CT molecular complexity index is 474. The number of amides is 1. The molecular weight excluding hydrogens is 271 g/mol. The van der Waals surface area contributed by atoms with Crippen molar-refractivity contribution >= 4 is 34.8 Å². The van der Waals surface area contributed by atoms with E-state index in [-0.39, 0.29) is 11.4 Å². The van der Waals surface area contributed by atoms with Gasteiger partial charge in [-0.25, -0.2) is 0 Å². The lowest BCUT2D eigenvalue weighted by atomic mass is 10.2. The van der Waals surface area contributed by atoms with Gasteiger partial charge in [0.15, 0.2) is 0 Å². The van der Waals surface area contributed by atoms with Crippen LogP contribution in [-0.4, -0.2) is 29.4 Å². The Balaban J connectivity index is 1.82. The van der Waals surface area contributed by atoms with Crippen molar-refractivity contribution in [2.75, 3.05) is 18.4 Å². The third-order valence-electron chi connectivity index (χ3n) is 3.14. The molecule has 3 nitrogen and oxygen atoms in total. The molecule has 1 unspecified atom stereocenters. The van der Waals surface area contributed by atoms with Gasteiger partial charge < -0.3 is 5.32 Å². The van der Waals surface area contributed by atoms with Crippen molar-refractivity contribution in [3.63, 3.8) is 0 Å². The van der Waals surface area contributed by atoms with Crippen LogP contribution < -0.4 is 5.32 Å². The molecule has 1 aromatic rings. The van der Waals surface area contributed by atoms with E-state index in [9.17, 15) is 4.79 Å². The van der Waals surface area contributed by atoms with E-state index < -0.39 is 0 Å². The molecule has 1 atom stereocenters. The number of halogens is 2. The van der Waals surface area contributed by atoms with Gasteiger partial charge in [-0.15, -0.1) is 0 Å². The number of carbonyl (C=O) groups is 1. The summed E-state index contributed by atoms with van der Waals surface area (Å²) in [4.78, 5) is 14.0. The molecule has 1 aromatic carbocycles. The Morgan fingerprint density at radius 1 is 1.39 bits per heavy atom. The van der Waals surface area contributed by atoms with Crippen LogP contribution in [0.4, 0.5) is 5.69 Å². The number of hydrogen-bond acceptors (Lipinski definition) is 2. The van der Waals surface area contributed by atoms with Crippen LogP contribution in [0.15, 0.2) is 18.2 Å². The van der Waals surface area contributed by atoms with Gasteiger partial charge in [0, 0.05) is 30.7 Å². The highest BCUT2D eigenvalue weighted by Gasteiger charge is 2.42. The smallest absolute Gasteiger partial charge is 0.225 e. The molecule has 0 radical (unpaired) electrons. The van der Waals surface area contributed by atoms with Gasteiger partial charge in [0.05, 0.1) is 10.0 Å². The van der Waals surface area contributed by atoms with Crippen LogP contribution in [0.25, 0.3) is 0 Å². The molecule has 1 N–H and O–H groups in total. The van der Waals surface area contributed by atoms with Gasteiger partial charge in [0.25, 0.3) is 0 Å². The largest absolute Gasteiger partial charge is 0.326 e. The van der Waals surface area contributed by atoms with Gasteiger partial charge in [-0.3, -0.25) is 9.69 Å². The van der Waals surface area contributed by atoms with Gasteiger partial charge in [0.2, 0.25) is 5.91 Å². The summed E-state index contributed by atoms with van der Waals surface area (Å²) in [5.41, 5.74) is 0.948. The molecule has 5 heteroatoms. The lowest BCUT2D eigenvalue weighted by Crippen LogP contribution is -2.18. The number of benzene rings is 1. The Morgan fingerprint density at radius 3 is 2.61 bits per heavy atom. The zero-order valence-corrected chi connectivity index (χ0v) is 12.0. The maximum Gasteiger partial charge on any atom is 0.225 e. The summed E-state index contributed by atoms with van der Waals surface area (Å²) in [5, 5.41) is 3.74. The zero-order valence-electron chi connectivity index (χ0n) is 10.5. The molecule has 1 amide bonds. The van der Waals surface area contributed by atoms with E-state index >= 15 is 0 Å². The summed E-state index contributed by atoms with van der Waals surface area (Å²) in [7, 11) is 0. The Hall–Kier alpha value is -0.770. The van der Waals surface area contributed by atoms with Gasteiger partial charge in [0.1, 0.15) is 0 Å². The summed E-state index contributed by atoms with van der Waals surface area (Å²) in [5.74, 6) is -0.00362. The first-order chi connectivity index (χ1) is 8.38. The predicted octanol–water partition coefficient (Wildman–Crippen LogP) is 3.42. The molecule has 0 saturated carbocycles. The zero-order chi connectivity index (χ0) is 13.3. The SMILES string of the molecule is CC1(C)CN1CCC(=O)Nc1ccc(Cl)c(Cl)c1. The molecule has 0 aromatic heterocycles. The van der Waals surface area contributed by atoms with Crippen LogP contribution in [0.1, 0.15) is 20.3 Å². The first-order valence-electron chi connectivity index (χ1n) is 5.88. The lowest BCUT2D eigenvalue weighted by molar-refractivity contribution is -0.116. The number of anilines is 1. The molecule has 98 valence electrons. The summed E-state index contributed by atoms with van der Waals surface area (Å²) in [6.45, 7) is 6.20. The van der Waals surface area contributed by atoms with E-state index in [1.54, 1.807) is 18.2 Å². The number of carbonyl (C=O) groups excluding carboxylic acids is 1. The summed E-state index contributed by atoms with van der Waals surface area (Å²) < 4.78 is 0. The summed E-state index contributed by atoms with van der Waals surface area (Å²) in [6.07, 6.45) is 0.490. The highest BCUT2D eigenvalue weighted by molar-refractivity contribution is 6.42. The second kappa shape index (κ2) is 5.08. The highest BCUT2D eigenvalue weighted by atomic mass is 35.5. The second-order valence-corrected chi connectivity index (χ2v) is 5.98. The van der Waals surface area contributed by atoms with Crippen LogP contribution in [0.2, 0.25) is 10.0 Å². The predicted molar refractivity (Wildman–Crippen MR) is 75.4 cm³/mol. The summed E-state index contributed by atoms with van der Waals surface area (Å²) >= 11 is 11.7. The standard InChI is InChI=1S/C13H16Cl2N2O/c1-13(2)8-17(13)6-5-12(18)16-9-3-4-10(14)11(15)7-9/h3-4,7H,5-6,8H2,1-2H3,(H,16,18). The maximum absolute atomic E-state index is 11.7. The molecule has 0 spiro atoms. The first kappa shape index (κ1) is 13.7. The van der Waals surface area contributed by atoms with E-state index in [1.807, 2.05) is 0 Å². The van der Waals surface area contributed by atoms with E-state index in [0.29, 0.717) is 22.2 Å². The number of hydrogen-bond donors (Lipinski definition) is 1. The van der Waals surface area contributed by atoms with Crippen molar-refractivity contribution in [3.8, 4) is 0 Å². The topological polar surface area (TPSA) is 32.1 Å². The first-order valence-corrected chi connectivity index (χ1v) is 6.64. The molecule has 18 heavy (non-hydrogen) atoms. The van der Waals surface area contributed by atoms with Crippen molar-refractivity contribution in [3.05, 3.63) is 28.2 Å². The minimum atomic E-state index is -0.00362. The fourth-order valence-corrected chi connectivity index (χ4v) is 2.15. The fourth-order valence-electron chi connectivity index (χ4n) is 1.85. The van der Waals surface area contributed by atoms with Crippen LogP contribution in [0.5, 0.6) is 0 Å².